The minimum atomic E-state index is -0.540. The number of nitrogens with zero attached hydrogens (tertiary/aromatic N) is 1. The van der Waals surface area contributed by atoms with Gasteiger partial charge < -0.3 is 15.0 Å². The van der Waals surface area contributed by atoms with E-state index in [-0.39, 0.29) is 35.9 Å². The fourth-order valence-corrected chi connectivity index (χ4v) is 3.28. The highest BCUT2D eigenvalue weighted by molar-refractivity contribution is 9.10. The first-order valence-electron chi connectivity index (χ1n) is 8.24. The summed E-state index contributed by atoms with van der Waals surface area (Å²) in [5.41, 5.74) is 0.565. The number of amides is 1. The number of carbonyl (C=O) groups is 1. The molecule has 3 rings (SSSR count). The lowest BCUT2D eigenvalue weighted by Gasteiger charge is -2.29. The Hall–Kier alpha value is -1.63. The van der Waals surface area contributed by atoms with Gasteiger partial charge in [-0.3, -0.25) is 4.79 Å². The number of anilines is 1. The van der Waals surface area contributed by atoms with Gasteiger partial charge in [0.05, 0.1) is 11.3 Å². The van der Waals surface area contributed by atoms with Crippen molar-refractivity contribution in [2.75, 3.05) is 25.5 Å². The van der Waals surface area contributed by atoms with Crippen molar-refractivity contribution in [1.29, 1.82) is 0 Å². The van der Waals surface area contributed by atoms with E-state index in [1.165, 1.54) is 6.07 Å². The molecule has 0 atom stereocenters. The maximum atomic E-state index is 14.7. The van der Waals surface area contributed by atoms with Crippen molar-refractivity contribution in [3.05, 3.63) is 58.3 Å². The van der Waals surface area contributed by atoms with Crippen molar-refractivity contribution >= 4 is 39.9 Å². The summed E-state index contributed by atoms with van der Waals surface area (Å²) in [6, 6.07) is 11.8. The lowest BCUT2D eigenvalue weighted by atomic mass is 10.1. The molecule has 0 aromatic heterocycles. The average Bonchev–Trinajstić information content (AvgIpc) is 2.60. The van der Waals surface area contributed by atoms with Crippen molar-refractivity contribution in [3.63, 3.8) is 0 Å². The van der Waals surface area contributed by atoms with Crippen molar-refractivity contribution < 1.29 is 13.9 Å². The summed E-state index contributed by atoms with van der Waals surface area (Å²) in [5.74, 6) is -0.732. The second-order valence-electron chi connectivity index (χ2n) is 6.17. The summed E-state index contributed by atoms with van der Waals surface area (Å²) in [5, 5.41) is 2.62. The van der Waals surface area contributed by atoms with Crippen LogP contribution in [0.1, 0.15) is 23.2 Å². The van der Waals surface area contributed by atoms with E-state index in [4.69, 9.17) is 4.74 Å². The Labute approximate surface area is 167 Å². The van der Waals surface area contributed by atoms with Gasteiger partial charge >= 0.3 is 0 Å². The van der Waals surface area contributed by atoms with Crippen LogP contribution in [0.5, 0.6) is 5.75 Å². The Morgan fingerprint density at radius 1 is 1.19 bits per heavy atom. The van der Waals surface area contributed by atoms with E-state index in [0.717, 1.165) is 25.9 Å². The lowest BCUT2D eigenvalue weighted by Crippen LogP contribution is -2.35. The van der Waals surface area contributed by atoms with E-state index in [9.17, 15) is 9.18 Å². The number of carbonyl (C=O) groups excluding carboxylic acids is 1. The van der Waals surface area contributed by atoms with E-state index in [2.05, 4.69) is 33.2 Å². The summed E-state index contributed by atoms with van der Waals surface area (Å²) >= 11 is 3.33. The molecule has 0 aliphatic carbocycles. The number of hydrogen-bond donors (Lipinski definition) is 1. The minimum absolute atomic E-state index is 0. The fraction of sp³-hybridized carbons (Fsp3) is 0.316. The standard InChI is InChI=1S/C19H20BrFN2O2.ClH/c1-23-11-9-13(10-12-23)25-17-8-4-7-16(18(17)21)22-19(24)14-5-2-3-6-15(14)20;/h2-8,13H,9-12H2,1H3,(H,22,24);1H. The maximum Gasteiger partial charge on any atom is 0.256 e. The van der Waals surface area contributed by atoms with Gasteiger partial charge in [0.1, 0.15) is 6.10 Å². The number of ether oxygens (including phenoxy) is 1. The summed E-state index contributed by atoms with van der Waals surface area (Å²) in [7, 11) is 2.06. The summed E-state index contributed by atoms with van der Waals surface area (Å²) < 4.78 is 21.2. The molecular weight excluding hydrogens is 423 g/mol. The van der Waals surface area contributed by atoms with Crippen LogP contribution >= 0.6 is 28.3 Å². The summed E-state index contributed by atoms with van der Waals surface area (Å²) in [6.07, 6.45) is 1.73. The number of benzene rings is 2. The van der Waals surface area contributed by atoms with Crippen LogP contribution < -0.4 is 10.1 Å². The molecule has 1 saturated heterocycles. The predicted molar refractivity (Wildman–Crippen MR) is 107 cm³/mol. The predicted octanol–water partition coefficient (Wildman–Crippen LogP) is 4.74. The second-order valence-corrected chi connectivity index (χ2v) is 7.03. The fourth-order valence-electron chi connectivity index (χ4n) is 2.82. The molecule has 1 fully saturated rings. The van der Waals surface area contributed by atoms with Gasteiger partial charge in [-0.25, -0.2) is 4.39 Å². The van der Waals surface area contributed by atoms with Crippen LogP contribution in [0, 0.1) is 5.82 Å². The smallest absolute Gasteiger partial charge is 0.256 e. The lowest BCUT2D eigenvalue weighted by molar-refractivity contribution is 0.102. The van der Waals surface area contributed by atoms with Crippen LogP contribution in [0.25, 0.3) is 0 Å². The normalized spacial score (nSPS) is 15.2. The third-order valence-corrected chi connectivity index (χ3v) is 4.98. The Morgan fingerprint density at radius 3 is 2.58 bits per heavy atom. The molecule has 1 aliphatic rings. The van der Waals surface area contributed by atoms with E-state index >= 15 is 0 Å². The van der Waals surface area contributed by atoms with Crippen molar-refractivity contribution in [3.8, 4) is 5.75 Å². The highest BCUT2D eigenvalue weighted by Gasteiger charge is 2.21. The highest BCUT2D eigenvalue weighted by Crippen LogP contribution is 2.28. The molecule has 7 heteroatoms. The molecule has 0 saturated carbocycles. The molecule has 0 bridgehead atoms. The van der Waals surface area contributed by atoms with Crippen molar-refractivity contribution in [1.82, 2.24) is 4.90 Å². The first kappa shape index (κ1) is 20.7. The van der Waals surface area contributed by atoms with Gasteiger partial charge in [0, 0.05) is 17.6 Å². The zero-order valence-corrected chi connectivity index (χ0v) is 16.8. The van der Waals surface area contributed by atoms with Crippen LogP contribution in [0.15, 0.2) is 46.9 Å². The van der Waals surface area contributed by atoms with E-state index < -0.39 is 5.82 Å². The molecule has 26 heavy (non-hydrogen) atoms. The number of halogens is 3. The van der Waals surface area contributed by atoms with Crippen LogP contribution in [-0.4, -0.2) is 37.0 Å². The number of nitrogens with one attached hydrogen (secondary N) is 1. The van der Waals surface area contributed by atoms with Gasteiger partial charge in [-0.05, 0) is 60.1 Å². The molecule has 1 N–H and O–H groups in total. The SMILES string of the molecule is CN1CCC(Oc2cccc(NC(=O)c3ccccc3Br)c2F)CC1.Cl. The van der Waals surface area contributed by atoms with Crippen LogP contribution in [0.4, 0.5) is 10.1 Å². The molecule has 1 heterocycles. The van der Waals surface area contributed by atoms with Gasteiger partial charge in [-0.2, -0.15) is 0 Å². The van der Waals surface area contributed by atoms with Gasteiger partial charge in [0.2, 0.25) is 0 Å². The van der Waals surface area contributed by atoms with E-state index in [0.29, 0.717) is 10.0 Å². The number of likely N-dealkylation sites (tertiary alicyclic amines) is 1. The maximum absolute atomic E-state index is 14.7. The highest BCUT2D eigenvalue weighted by atomic mass is 79.9. The summed E-state index contributed by atoms with van der Waals surface area (Å²) in [4.78, 5) is 14.6. The Kier molecular flexibility index (Phi) is 7.43. The van der Waals surface area contributed by atoms with Crippen LogP contribution in [0.2, 0.25) is 0 Å². The Balaban J connectivity index is 0.00000243. The van der Waals surface area contributed by atoms with Gasteiger partial charge in [0.15, 0.2) is 11.6 Å². The van der Waals surface area contributed by atoms with E-state index in [1.807, 2.05) is 6.07 Å². The van der Waals surface area contributed by atoms with Crippen LogP contribution in [-0.2, 0) is 0 Å². The molecule has 1 amide bonds. The molecule has 1 aliphatic heterocycles. The Morgan fingerprint density at radius 2 is 1.88 bits per heavy atom. The molecule has 4 nitrogen and oxygen atoms in total. The van der Waals surface area contributed by atoms with Gasteiger partial charge in [0.25, 0.3) is 5.91 Å². The zero-order chi connectivity index (χ0) is 17.8. The largest absolute Gasteiger partial charge is 0.487 e. The molecule has 2 aromatic rings. The number of hydrogen-bond acceptors (Lipinski definition) is 3. The topological polar surface area (TPSA) is 41.6 Å². The number of piperidine rings is 1. The first-order valence-corrected chi connectivity index (χ1v) is 9.03. The van der Waals surface area contributed by atoms with Crippen molar-refractivity contribution in [2.45, 2.75) is 18.9 Å². The monoisotopic (exact) mass is 442 g/mol. The summed E-state index contributed by atoms with van der Waals surface area (Å²) in [6.45, 7) is 1.87. The molecule has 2 aromatic carbocycles. The molecule has 0 spiro atoms. The third kappa shape index (κ3) is 4.96. The molecule has 140 valence electrons. The Bertz CT molecular complexity index is 767. The molecular formula is C19H21BrClFN2O2. The average molecular weight is 444 g/mol. The van der Waals surface area contributed by atoms with Gasteiger partial charge in [-0.1, -0.05) is 18.2 Å². The van der Waals surface area contributed by atoms with Crippen molar-refractivity contribution in [2.24, 2.45) is 0 Å². The quantitative estimate of drug-likeness (QED) is 0.742. The van der Waals surface area contributed by atoms with E-state index in [1.54, 1.807) is 30.3 Å². The number of rotatable bonds is 4. The molecule has 0 unspecified atom stereocenters. The second kappa shape index (κ2) is 9.35. The minimum Gasteiger partial charge on any atom is -0.487 e. The third-order valence-electron chi connectivity index (χ3n) is 4.29. The molecule has 0 radical (unpaired) electrons. The van der Waals surface area contributed by atoms with Gasteiger partial charge in [-0.15, -0.1) is 12.4 Å². The first-order chi connectivity index (χ1) is 12.0. The zero-order valence-electron chi connectivity index (χ0n) is 14.4. The van der Waals surface area contributed by atoms with Crippen LogP contribution in [0.3, 0.4) is 0 Å².